The first-order chi connectivity index (χ1) is 12.1. The van der Waals surface area contributed by atoms with Gasteiger partial charge in [-0.05, 0) is 61.1 Å². The Balaban J connectivity index is 1.58. The van der Waals surface area contributed by atoms with E-state index in [0.29, 0.717) is 5.56 Å². The molecule has 1 aliphatic carbocycles. The number of carbonyl (C=O) groups is 1. The smallest absolute Gasteiger partial charge is 0.251 e. The number of ether oxygens (including phenoxy) is 1. The van der Waals surface area contributed by atoms with Gasteiger partial charge in [0.05, 0.1) is 18.8 Å². The summed E-state index contributed by atoms with van der Waals surface area (Å²) in [5.74, 6) is 1.15. The summed E-state index contributed by atoms with van der Waals surface area (Å²) in [5.41, 5.74) is 4.10. The number of amides is 1. The molecular formula is C21H23NO3. The minimum atomic E-state index is -0.249. The Bertz CT molecular complexity index is 778. The third-order valence-electron chi connectivity index (χ3n) is 5.29. The zero-order valence-corrected chi connectivity index (χ0v) is 14.4. The second-order valence-corrected chi connectivity index (χ2v) is 7.17. The van der Waals surface area contributed by atoms with E-state index in [1.165, 1.54) is 5.56 Å². The van der Waals surface area contributed by atoms with Gasteiger partial charge < -0.3 is 15.2 Å². The lowest BCUT2D eigenvalue weighted by Crippen LogP contribution is -2.41. The van der Waals surface area contributed by atoms with Gasteiger partial charge in [-0.25, -0.2) is 0 Å². The molecule has 0 aromatic heterocycles. The Kier molecular flexibility index (Phi) is 4.22. The maximum atomic E-state index is 12.7. The molecule has 1 saturated carbocycles. The highest BCUT2D eigenvalue weighted by molar-refractivity contribution is 5.94. The molecular weight excluding hydrogens is 314 g/mol. The molecule has 4 heteroatoms. The van der Waals surface area contributed by atoms with Gasteiger partial charge in [-0.1, -0.05) is 23.8 Å². The molecule has 1 amide bonds. The Morgan fingerprint density at radius 3 is 2.68 bits per heavy atom. The standard InChI is InChI=1S/C21H23NO3/c1-13-2-4-14(5-3-13)21(24)22-20(17-11-18(23)12-17)16-6-7-19-15(10-16)8-9-25-19/h2-7,10,17-18,20,23H,8-9,11-12H2,1H3,(H,22,24)/t17?,18?,20-/m0/s1. The van der Waals surface area contributed by atoms with Crippen molar-refractivity contribution in [2.45, 2.75) is 38.3 Å². The van der Waals surface area contributed by atoms with Gasteiger partial charge in [-0.15, -0.1) is 0 Å². The fourth-order valence-electron chi connectivity index (χ4n) is 3.70. The summed E-state index contributed by atoms with van der Waals surface area (Å²) in [5, 5.41) is 12.9. The molecule has 2 aromatic rings. The number of aryl methyl sites for hydroxylation is 1. The first kappa shape index (κ1) is 16.2. The number of carbonyl (C=O) groups excluding carboxylic acids is 1. The molecule has 0 spiro atoms. The Labute approximate surface area is 147 Å². The molecule has 130 valence electrons. The zero-order valence-electron chi connectivity index (χ0n) is 14.4. The first-order valence-corrected chi connectivity index (χ1v) is 8.91. The van der Waals surface area contributed by atoms with Crippen LogP contribution in [0.1, 0.15) is 45.9 Å². The summed E-state index contributed by atoms with van der Waals surface area (Å²) in [6.45, 7) is 2.73. The van der Waals surface area contributed by atoms with E-state index in [-0.39, 0.29) is 24.0 Å². The fraction of sp³-hybridized carbons (Fsp3) is 0.381. The highest BCUT2D eigenvalue weighted by Gasteiger charge is 2.36. The molecule has 0 saturated heterocycles. The van der Waals surface area contributed by atoms with Crippen LogP contribution in [0.15, 0.2) is 42.5 Å². The van der Waals surface area contributed by atoms with Crippen molar-refractivity contribution in [1.82, 2.24) is 5.32 Å². The number of hydrogen-bond acceptors (Lipinski definition) is 3. The molecule has 1 atom stereocenters. The van der Waals surface area contributed by atoms with Crippen LogP contribution in [-0.2, 0) is 6.42 Å². The average Bonchev–Trinajstić information content (AvgIpc) is 3.05. The van der Waals surface area contributed by atoms with Crippen molar-refractivity contribution in [3.63, 3.8) is 0 Å². The molecule has 0 radical (unpaired) electrons. The minimum Gasteiger partial charge on any atom is -0.493 e. The lowest BCUT2D eigenvalue weighted by atomic mass is 9.74. The summed E-state index contributed by atoms with van der Waals surface area (Å²) < 4.78 is 5.59. The van der Waals surface area contributed by atoms with E-state index < -0.39 is 0 Å². The maximum Gasteiger partial charge on any atom is 0.251 e. The monoisotopic (exact) mass is 337 g/mol. The summed E-state index contributed by atoms with van der Waals surface area (Å²) in [6, 6.07) is 13.7. The van der Waals surface area contributed by atoms with Crippen molar-refractivity contribution in [2.75, 3.05) is 6.61 Å². The molecule has 25 heavy (non-hydrogen) atoms. The minimum absolute atomic E-state index is 0.0665. The van der Waals surface area contributed by atoms with Gasteiger partial charge in [-0.2, -0.15) is 0 Å². The van der Waals surface area contributed by atoms with Gasteiger partial charge in [0, 0.05) is 12.0 Å². The number of benzene rings is 2. The van der Waals surface area contributed by atoms with Gasteiger partial charge in [0.1, 0.15) is 5.75 Å². The molecule has 1 heterocycles. The van der Waals surface area contributed by atoms with Crippen molar-refractivity contribution in [3.8, 4) is 5.75 Å². The second kappa shape index (κ2) is 6.52. The SMILES string of the molecule is Cc1ccc(C(=O)N[C@@H](c2ccc3c(c2)CCO3)C2CC(O)C2)cc1. The van der Waals surface area contributed by atoms with E-state index in [1.807, 2.05) is 43.3 Å². The highest BCUT2D eigenvalue weighted by Crippen LogP contribution is 2.40. The predicted molar refractivity (Wildman–Crippen MR) is 95.8 cm³/mol. The van der Waals surface area contributed by atoms with Crippen LogP contribution in [0, 0.1) is 12.8 Å². The van der Waals surface area contributed by atoms with Gasteiger partial charge in [-0.3, -0.25) is 4.79 Å². The number of nitrogens with one attached hydrogen (secondary N) is 1. The molecule has 0 bridgehead atoms. The van der Waals surface area contributed by atoms with Crippen LogP contribution in [-0.4, -0.2) is 23.7 Å². The number of hydrogen-bond donors (Lipinski definition) is 2. The molecule has 1 fully saturated rings. The quantitative estimate of drug-likeness (QED) is 0.901. The van der Waals surface area contributed by atoms with Crippen molar-refractivity contribution in [3.05, 3.63) is 64.7 Å². The van der Waals surface area contributed by atoms with Crippen molar-refractivity contribution in [2.24, 2.45) is 5.92 Å². The Hall–Kier alpha value is -2.33. The van der Waals surface area contributed by atoms with Crippen LogP contribution in [0.2, 0.25) is 0 Å². The summed E-state index contributed by atoms with van der Waals surface area (Å²) in [6.07, 6.45) is 2.12. The second-order valence-electron chi connectivity index (χ2n) is 7.17. The molecule has 2 aliphatic rings. The Morgan fingerprint density at radius 1 is 1.20 bits per heavy atom. The van der Waals surface area contributed by atoms with Gasteiger partial charge in [0.15, 0.2) is 0 Å². The van der Waals surface area contributed by atoms with Crippen LogP contribution in [0.25, 0.3) is 0 Å². The van der Waals surface area contributed by atoms with E-state index >= 15 is 0 Å². The molecule has 2 aromatic carbocycles. The lowest BCUT2D eigenvalue weighted by molar-refractivity contribution is 0.0235. The van der Waals surface area contributed by atoms with E-state index in [0.717, 1.165) is 42.7 Å². The van der Waals surface area contributed by atoms with Crippen molar-refractivity contribution >= 4 is 5.91 Å². The normalized spacial score (nSPS) is 22.5. The fourth-order valence-corrected chi connectivity index (χ4v) is 3.70. The van der Waals surface area contributed by atoms with E-state index in [2.05, 4.69) is 11.4 Å². The average molecular weight is 337 g/mol. The number of aliphatic hydroxyl groups excluding tert-OH is 1. The van der Waals surface area contributed by atoms with Gasteiger partial charge in [0.25, 0.3) is 5.91 Å². The third-order valence-corrected chi connectivity index (χ3v) is 5.29. The molecule has 4 rings (SSSR count). The number of aliphatic hydroxyl groups is 1. The summed E-state index contributed by atoms with van der Waals surface area (Å²) in [7, 11) is 0. The first-order valence-electron chi connectivity index (χ1n) is 8.91. The molecule has 0 unspecified atom stereocenters. The van der Waals surface area contributed by atoms with Crippen molar-refractivity contribution in [1.29, 1.82) is 0 Å². The van der Waals surface area contributed by atoms with E-state index in [9.17, 15) is 9.90 Å². The summed E-state index contributed by atoms with van der Waals surface area (Å²) in [4.78, 5) is 12.7. The largest absolute Gasteiger partial charge is 0.493 e. The van der Waals surface area contributed by atoms with Crippen LogP contribution >= 0.6 is 0 Å². The lowest BCUT2D eigenvalue weighted by Gasteiger charge is -2.38. The highest BCUT2D eigenvalue weighted by atomic mass is 16.5. The van der Waals surface area contributed by atoms with Crippen LogP contribution in [0.5, 0.6) is 5.75 Å². The Morgan fingerprint density at radius 2 is 1.96 bits per heavy atom. The van der Waals surface area contributed by atoms with Gasteiger partial charge >= 0.3 is 0 Å². The van der Waals surface area contributed by atoms with Crippen LogP contribution in [0.3, 0.4) is 0 Å². The number of rotatable bonds is 4. The molecule has 2 N–H and O–H groups in total. The van der Waals surface area contributed by atoms with Crippen LogP contribution < -0.4 is 10.1 Å². The molecule has 1 aliphatic heterocycles. The van der Waals surface area contributed by atoms with Gasteiger partial charge in [0.2, 0.25) is 0 Å². The van der Waals surface area contributed by atoms with E-state index in [1.54, 1.807) is 0 Å². The third kappa shape index (κ3) is 3.27. The molecule has 4 nitrogen and oxygen atoms in total. The maximum absolute atomic E-state index is 12.7. The zero-order chi connectivity index (χ0) is 17.4. The van der Waals surface area contributed by atoms with Crippen LogP contribution in [0.4, 0.5) is 0 Å². The van der Waals surface area contributed by atoms with E-state index in [4.69, 9.17) is 4.74 Å². The summed E-state index contributed by atoms with van der Waals surface area (Å²) >= 11 is 0. The topological polar surface area (TPSA) is 58.6 Å². The predicted octanol–water partition coefficient (Wildman–Crippen LogP) is 3.17. The van der Waals surface area contributed by atoms with Crippen molar-refractivity contribution < 1.29 is 14.6 Å². The number of fused-ring (bicyclic) bond motifs is 1.